The zero-order valence-corrected chi connectivity index (χ0v) is 37.6. The molecule has 0 aliphatic carbocycles. The van der Waals surface area contributed by atoms with Crippen LogP contribution in [-0.2, 0) is 16.2 Å². The lowest BCUT2D eigenvalue weighted by atomic mass is 9.78. The third-order valence-corrected chi connectivity index (χ3v) is 12.8. The molecule has 6 nitrogen and oxygen atoms in total. The summed E-state index contributed by atoms with van der Waals surface area (Å²) in [4.78, 5) is 9.78. The van der Waals surface area contributed by atoms with Gasteiger partial charge in [-0.3, -0.25) is 4.57 Å². The molecule has 9 aromatic rings. The Morgan fingerprint density at radius 3 is 1.90 bits per heavy atom. The van der Waals surface area contributed by atoms with E-state index in [1.165, 1.54) is 27.9 Å². The monoisotopic (exact) mass is 825 g/mol. The average molecular weight is 826 g/mol. The van der Waals surface area contributed by atoms with Crippen LogP contribution in [0.3, 0.4) is 0 Å². The Morgan fingerprint density at radius 2 is 1.14 bits per heavy atom. The number of hydrogen-bond acceptors (Lipinski definition) is 4. The van der Waals surface area contributed by atoms with Gasteiger partial charge in [0, 0.05) is 64.0 Å². The Bertz CT molecular complexity index is 3180. The van der Waals surface area contributed by atoms with Crippen LogP contribution in [0.1, 0.15) is 77.6 Å². The van der Waals surface area contributed by atoms with Crippen molar-refractivity contribution in [2.45, 2.75) is 71.6 Å². The first kappa shape index (κ1) is 40.0. The van der Waals surface area contributed by atoms with Crippen LogP contribution in [0.15, 0.2) is 176 Å². The highest BCUT2D eigenvalue weighted by Gasteiger charge is 2.28. The fourth-order valence-electron chi connectivity index (χ4n) is 9.29. The number of fused-ring (bicyclic) bond motifs is 5. The molecule has 0 atom stereocenters. The lowest BCUT2D eigenvalue weighted by molar-refractivity contribution is 0.479. The topological polar surface area (TPSA) is 38.5 Å². The molecule has 0 radical (unpaired) electrons. The number of para-hydroxylation sites is 3. The summed E-state index contributed by atoms with van der Waals surface area (Å²) >= 11 is 0. The van der Waals surface area contributed by atoms with Gasteiger partial charge in [0.25, 0.3) is 0 Å². The number of rotatable bonds is 8. The van der Waals surface area contributed by atoms with E-state index < -0.39 is 0 Å². The Labute approximate surface area is 371 Å². The molecule has 314 valence electrons. The molecule has 0 amide bonds. The molecule has 0 saturated heterocycles. The summed E-state index contributed by atoms with van der Waals surface area (Å²) in [6.07, 6.45) is 6.33. The summed E-state index contributed by atoms with van der Waals surface area (Å²) in [5.74, 6) is 2.42. The average Bonchev–Trinajstić information content (AvgIpc) is 3.99. The van der Waals surface area contributed by atoms with Crippen molar-refractivity contribution >= 4 is 44.2 Å². The van der Waals surface area contributed by atoms with Crippen molar-refractivity contribution in [3.05, 3.63) is 199 Å². The summed E-state index contributed by atoms with van der Waals surface area (Å²) in [5, 5.41) is 2.28. The fraction of sp³-hybridized carbons (Fsp3) is 0.211. The maximum absolute atomic E-state index is 6.99. The maximum atomic E-state index is 6.99. The quantitative estimate of drug-likeness (QED) is 0.153. The number of aromatic nitrogens is 3. The Hall–Kier alpha value is -7.05. The van der Waals surface area contributed by atoms with Crippen LogP contribution >= 0.6 is 0 Å². The summed E-state index contributed by atoms with van der Waals surface area (Å²) in [6.45, 7) is 18.9. The molecule has 0 bridgehead atoms. The molecule has 1 aliphatic rings. The van der Waals surface area contributed by atoms with Gasteiger partial charge in [0.05, 0.1) is 28.7 Å². The highest BCUT2D eigenvalue weighted by molar-refractivity contribution is 6.20. The molecular weight excluding hydrogens is 771 g/mol. The zero-order chi connectivity index (χ0) is 43.7. The molecule has 1 aliphatic heterocycles. The van der Waals surface area contributed by atoms with Gasteiger partial charge in [-0.2, -0.15) is 0 Å². The van der Waals surface area contributed by atoms with Crippen LogP contribution < -0.4 is 14.5 Å². The van der Waals surface area contributed by atoms with E-state index in [0.717, 1.165) is 61.5 Å². The molecule has 0 unspecified atom stereocenters. The number of nitrogens with zero attached hydrogens (tertiary/aromatic N) is 5. The molecule has 0 N–H and O–H groups in total. The second-order valence-electron chi connectivity index (χ2n) is 19.5. The van der Waals surface area contributed by atoms with Crippen molar-refractivity contribution in [2.24, 2.45) is 0 Å². The molecule has 63 heavy (non-hydrogen) atoms. The lowest BCUT2D eigenvalue weighted by Gasteiger charge is -2.29. The summed E-state index contributed by atoms with van der Waals surface area (Å²) in [6, 6.07) is 56.5. The van der Waals surface area contributed by atoms with E-state index in [0.29, 0.717) is 6.67 Å². The van der Waals surface area contributed by atoms with Gasteiger partial charge in [-0.15, -0.1) is 0 Å². The van der Waals surface area contributed by atoms with Gasteiger partial charge in [0.1, 0.15) is 17.3 Å². The Kier molecular flexibility index (Phi) is 9.59. The van der Waals surface area contributed by atoms with E-state index in [2.05, 4.69) is 244 Å². The molecule has 0 fully saturated rings. The molecule has 6 aromatic carbocycles. The van der Waals surface area contributed by atoms with Gasteiger partial charge >= 0.3 is 0 Å². The molecule has 4 heterocycles. The van der Waals surface area contributed by atoms with Gasteiger partial charge in [-0.25, -0.2) is 4.98 Å². The molecular formula is C57H55N5O. The number of anilines is 2. The number of ether oxygens (including phenoxy) is 1. The van der Waals surface area contributed by atoms with Gasteiger partial charge < -0.3 is 19.1 Å². The minimum Gasteiger partial charge on any atom is -0.457 e. The molecule has 0 spiro atoms. The van der Waals surface area contributed by atoms with Crippen molar-refractivity contribution in [1.29, 1.82) is 0 Å². The standard InChI is InChI=1S/C57H55N5O/c1-55(2,3)41-33-43(59-31-32-60(38-59)50-26-18-16-24-48(50)56(4,5)6)36-45(34-41)63-44-27-28-47-51(37-44)62(52-35-40(29-30-58-52)57(7,8)39-19-11-9-12-20-39)54-46-23-15-17-25-49(46)61(53(47)54)42-21-13-10-14-22-42/h9-37H,38H2,1-8H3. The second-order valence-corrected chi connectivity index (χ2v) is 19.5. The molecule has 0 saturated carbocycles. The van der Waals surface area contributed by atoms with Crippen molar-refractivity contribution in [2.75, 3.05) is 16.5 Å². The second kappa shape index (κ2) is 15.1. The molecule has 3 aromatic heterocycles. The third kappa shape index (κ3) is 7.13. The number of benzene rings is 6. The van der Waals surface area contributed by atoms with E-state index in [-0.39, 0.29) is 16.2 Å². The first-order valence-electron chi connectivity index (χ1n) is 22.1. The summed E-state index contributed by atoms with van der Waals surface area (Å²) in [5.41, 5.74) is 12.5. The smallest absolute Gasteiger partial charge is 0.137 e. The number of pyridine rings is 1. The normalized spacial score (nSPS) is 13.5. The summed E-state index contributed by atoms with van der Waals surface area (Å²) in [7, 11) is 0. The lowest BCUT2D eigenvalue weighted by Crippen LogP contribution is -2.27. The highest BCUT2D eigenvalue weighted by Crippen LogP contribution is 2.44. The first-order chi connectivity index (χ1) is 30.3. The Balaban J connectivity index is 1.12. The van der Waals surface area contributed by atoms with Crippen LogP contribution in [0.2, 0.25) is 0 Å². The largest absolute Gasteiger partial charge is 0.457 e. The van der Waals surface area contributed by atoms with Crippen LogP contribution in [0, 0.1) is 0 Å². The molecule has 6 heteroatoms. The van der Waals surface area contributed by atoms with Gasteiger partial charge in [0.15, 0.2) is 0 Å². The van der Waals surface area contributed by atoms with E-state index in [4.69, 9.17) is 9.72 Å². The highest BCUT2D eigenvalue weighted by atomic mass is 16.5. The maximum Gasteiger partial charge on any atom is 0.137 e. The predicted molar refractivity (Wildman–Crippen MR) is 263 cm³/mol. The van der Waals surface area contributed by atoms with E-state index in [1.54, 1.807) is 0 Å². The molecule has 10 rings (SSSR count). The minimum absolute atomic E-state index is 0.0208. The van der Waals surface area contributed by atoms with E-state index >= 15 is 0 Å². The first-order valence-corrected chi connectivity index (χ1v) is 22.1. The Morgan fingerprint density at radius 1 is 0.476 bits per heavy atom. The number of hydrogen-bond donors (Lipinski definition) is 0. The van der Waals surface area contributed by atoms with Crippen molar-refractivity contribution < 1.29 is 4.74 Å². The van der Waals surface area contributed by atoms with E-state index in [1.807, 2.05) is 6.20 Å². The third-order valence-electron chi connectivity index (χ3n) is 12.8. The van der Waals surface area contributed by atoms with Crippen molar-refractivity contribution in [3.8, 4) is 23.0 Å². The van der Waals surface area contributed by atoms with Gasteiger partial charge in [-0.1, -0.05) is 140 Å². The van der Waals surface area contributed by atoms with Gasteiger partial charge in [0.2, 0.25) is 0 Å². The van der Waals surface area contributed by atoms with Crippen LogP contribution in [-0.4, -0.2) is 20.8 Å². The van der Waals surface area contributed by atoms with Crippen molar-refractivity contribution in [3.63, 3.8) is 0 Å². The summed E-state index contributed by atoms with van der Waals surface area (Å²) < 4.78 is 11.7. The van der Waals surface area contributed by atoms with E-state index in [9.17, 15) is 0 Å². The van der Waals surface area contributed by atoms with Crippen LogP contribution in [0.25, 0.3) is 44.3 Å². The van der Waals surface area contributed by atoms with Crippen LogP contribution in [0.4, 0.5) is 11.4 Å². The minimum atomic E-state index is -0.249. The zero-order valence-electron chi connectivity index (χ0n) is 37.6. The predicted octanol–water partition coefficient (Wildman–Crippen LogP) is 14.6. The SMILES string of the molecule is CC(C)(C)c1cc(Oc2ccc3c(c2)n(-c2cc(C(C)(C)c4ccccc4)ccn2)c2c4ccccc4n(-c4ccccc4)c32)cc(N2C=CN(c3ccccc3C(C)(C)C)C2)c1. The van der Waals surface area contributed by atoms with Crippen molar-refractivity contribution in [1.82, 2.24) is 14.1 Å². The fourth-order valence-corrected chi connectivity index (χ4v) is 9.29. The van der Waals surface area contributed by atoms with Gasteiger partial charge in [-0.05, 0) is 93.7 Å². The van der Waals surface area contributed by atoms with Crippen LogP contribution in [0.5, 0.6) is 11.5 Å².